The highest BCUT2D eigenvalue weighted by Gasteiger charge is 2.19. The zero-order chi connectivity index (χ0) is 22.8. The molecule has 3 aromatic carbocycles. The van der Waals surface area contributed by atoms with Crippen LogP contribution in [0.2, 0.25) is 5.02 Å². The van der Waals surface area contributed by atoms with Crippen LogP contribution < -0.4 is 10.0 Å². The summed E-state index contributed by atoms with van der Waals surface area (Å²) in [4.78, 5) is 23.0. The molecule has 0 heterocycles. The van der Waals surface area contributed by atoms with Crippen LogP contribution in [0.5, 0.6) is 0 Å². The maximum atomic E-state index is 13.1. The molecule has 0 bridgehead atoms. The van der Waals surface area contributed by atoms with Gasteiger partial charge in [0.05, 0.1) is 31.8 Å². The first-order valence-corrected chi connectivity index (χ1v) is 10.6. The molecule has 0 aliphatic rings. The summed E-state index contributed by atoms with van der Waals surface area (Å²) in [5.41, 5.74) is 0.359. The Bertz CT molecular complexity index is 1280. The third-order valence-electron chi connectivity index (χ3n) is 4.35. The van der Waals surface area contributed by atoms with Crippen molar-refractivity contribution in [1.29, 1.82) is 0 Å². The fourth-order valence-corrected chi connectivity index (χ4v) is 4.00. The summed E-state index contributed by atoms with van der Waals surface area (Å²) in [5, 5.41) is 13.7. The highest BCUT2D eigenvalue weighted by atomic mass is 35.5. The minimum Gasteiger partial charge on any atom is -0.321 e. The van der Waals surface area contributed by atoms with Crippen LogP contribution in [0.25, 0.3) is 0 Å². The molecule has 31 heavy (non-hydrogen) atoms. The monoisotopic (exact) mass is 463 g/mol. The molecule has 1 amide bonds. The van der Waals surface area contributed by atoms with Gasteiger partial charge in [0.15, 0.2) is 0 Å². The normalized spacial score (nSPS) is 11.1. The Balaban J connectivity index is 1.87. The van der Waals surface area contributed by atoms with Gasteiger partial charge < -0.3 is 5.32 Å². The average molecular weight is 464 g/mol. The Hall–Kier alpha value is -3.50. The van der Waals surface area contributed by atoms with Crippen LogP contribution in [0.1, 0.15) is 15.9 Å². The molecule has 0 spiro atoms. The van der Waals surface area contributed by atoms with Gasteiger partial charge in [-0.1, -0.05) is 17.7 Å². The molecule has 0 fully saturated rings. The number of sulfonamides is 1. The van der Waals surface area contributed by atoms with Crippen molar-refractivity contribution in [2.75, 3.05) is 10.0 Å². The molecule has 0 aliphatic heterocycles. The lowest BCUT2D eigenvalue weighted by molar-refractivity contribution is -0.385. The number of halogens is 2. The molecule has 3 aromatic rings. The number of nitrogens with zero attached hydrogens (tertiary/aromatic N) is 1. The van der Waals surface area contributed by atoms with Gasteiger partial charge >= 0.3 is 0 Å². The maximum absolute atomic E-state index is 13.1. The molecule has 2 N–H and O–H groups in total. The highest BCUT2D eigenvalue weighted by Crippen LogP contribution is 2.28. The van der Waals surface area contributed by atoms with Crippen LogP contribution in [-0.4, -0.2) is 19.2 Å². The van der Waals surface area contributed by atoms with Crippen LogP contribution >= 0.6 is 11.6 Å². The van der Waals surface area contributed by atoms with E-state index in [1.807, 2.05) is 0 Å². The Morgan fingerprint density at radius 3 is 2.39 bits per heavy atom. The number of carbonyl (C=O) groups excluding carboxylic acids is 1. The van der Waals surface area contributed by atoms with Crippen molar-refractivity contribution in [2.45, 2.75) is 11.8 Å². The van der Waals surface area contributed by atoms with E-state index in [-0.39, 0.29) is 38.1 Å². The summed E-state index contributed by atoms with van der Waals surface area (Å²) in [7, 11) is -4.08. The van der Waals surface area contributed by atoms with E-state index in [1.54, 1.807) is 0 Å². The lowest BCUT2D eigenvalue weighted by Gasteiger charge is -2.12. The third-order valence-corrected chi connectivity index (χ3v) is 6.06. The molecule has 0 atom stereocenters. The molecule has 8 nitrogen and oxygen atoms in total. The van der Waals surface area contributed by atoms with Crippen LogP contribution in [0, 0.1) is 22.9 Å². The van der Waals surface area contributed by atoms with Gasteiger partial charge in [-0.25, -0.2) is 12.8 Å². The second kappa shape index (κ2) is 8.70. The first-order valence-electron chi connectivity index (χ1n) is 8.72. The molecule has 0 radical (unpaired) electrons. The van der Waals surface area contributed by atoms with E-state index in [2.05, 4.69) is 10.0 Å². The predicted octanol–water partition coefficient (Wildman–Crippen LogP) is 4.75. The number of nitro benzene ring substituents is 1. The van der Waals surface area contributed by atoms with Crippen LogP contribution in [0.15, 0.2) is 65.6 Å². The van der Waals surface area contributed by atoms with Gasteiger partial charge in [-0.15, -0.1) is 0 Å². The lowest BCUT2D eigenvalue weighted by Crippen LogP contribution is -2.16. The second-order valence-corrected chi connectivity index (χ2v) is 8.50. The third kappa shape index (κ3) is 4.98. The van der Waals surface area contributed by atoms with Crippen molar-refractivity contribution in [3.63, 3.8) is 0 Å². The molecular weight excluding hydrogens is 449 g/mol. The van der Waals surface area contributed by atoms with Crippen molar-refractivity contribution < 1.29 is 22.5 Å². The van der Waals surface area contributed by atoms with Gasteiger partial charge in [0.25, 0.3) is 21.6 Å². The van der Waals surface area contributed by atoms with Gasteiger partial charge in [-0.3, -0.25) is 19.6 Å². The minimum atomic E-state index is -4.08. The molecule has 0 aromatic heterocycles. The summed E-state index contributed by atoms with van der Waals surface area (Å²) in [6, 6.07) is 12.4. The van der Waals surface area contributed by atoms with Gasteiger partial charge in [0.1, 0.15) is 5.82 Å². The molecule has 3 rings (SSSR count). The van der Waals surface area contributed by atoms with E-state index < -0.39 is 26.7 Å². The number of amides is 1. The van der Waals surface area contributed by atoms with Crippen LogP contribution in [-0.2, 0) is 10.0 Å². The number of benzene rings is 3. The average Bonchev–Trinajstić information content (AvgIpc) is 2.71. The molecule has 160 valence electrons. The van der Waals surface area contributed by atoms with Crippen molar-refractivity contribution in [3.8, 4) is 0 Å². The molecule has 0 saturated carbocycles. The zero-order valence-corrected chi connectivity index (χ0v) is 17.5. The number of carbonyl (C=O) groups is 1. The van der Waals surface area contributed by atoms with E-state index >= 15 is 0 Å². The Morgan fingerprint density at radius 1 is 1.06 bits per heavy atom. The first kappa shape index (κ1) is 22.2. The van der Waals surface area contributed by atoms with Crippen molar-refractivity contribution in [3.05, 3.63) is 92.7 Å². The van der Waals surface area contributed by atoms with Crippen molar-refractivity contribution >= 4 is 44.6 Å². The number of anilines is 2. The standard InChI is InChI=1S/C20H15ClFN3O5S/c1-12-17(3-2-4-19(12)25(27)28)23-20(26)13-5-10-16(21)18(11-13)24-31(29,30)15-8-6-14(22)7-9-15/h2-11,24H,1H3,(H,23,26). The van der Waals surface area contributed by atoms with E-state index in [0.717, 1.165) is 24.3 Å². The fourth-order valence-electron chi connectivity index (χ4n) is 2.71. The van der Waals surface area contributed by atoms with Crippen LogP contribution in [0.4, 0.5) is 21.5 Å². The summed E-state index contributed by atoms with van der Waals surface area (Å²) < 4.78 is 40.4. The topological polar surface area (TPSA) is 118 Å². The Morgan fingerprint density at radius 2 is 1.74 bits per heavy atom. The number of nitro groups is 1. The number of hydrogen-bond donors (Lipinski definition) is 2. The molecule has 0 saturated heterocycles. The summed E-state index contributed by atoms with van der Waals surface area (Å²) in [6.07, 6.45) is 0. The van der Waals surface area contributed by atoms with Gasteiger partial charge in [-0.05, 0) is 55.5 Å². The number of hydrogen-bond acceptors (Lipinski definition) is 5. The first-order chi connectivity index (χ1) is 14.6. The fraction of sp³-hybridized carbons (Fsp3) is 0.0500. The SMILES string of the molecule is Cc1c(NC(=O)c2ccc(Cl)c(NS(=O)(=O)c3ccc(F)cc3)c2)cccc1[N+](=O)[O-]. The van der Waals surface area contributed by atoms with Gasteiger partial charge in [0.2, 0.25) is 0 Å². The lowest BCUT2D eigenvalue weighted by atomic mass is 10.1. The highest BCUT2D eigenvalue weighted by molar-refractivity contribution is 7.92. The molecule has 0 aliphatic carbocycles. The second-order valence-electron chi connectivity index (χ2n) is 6.41. The molecule has 11 heteroatoms. The summed E-state index contributed by atoms with van der Waals surface area (Å²) >= 11 is 6.07. The van der Waals surface area contributed by atoms with E-state index in [9.17, 15) is 27.7 Å². The largest absolute Gasteiger partial charge is 0.321 e. The van der Waals surface area contributed by atoms with Gasteiger partial charge in [-0.2, -0.15) is 0 Å². The smallest absolute Gasteiger partial charge is 0.274 e. The van der Waals surface area contributed by atoms with Crippen LogP contribution in [0.3, 0.4) is 0 Å². The summed E-state index contributed by atoms with van der Waals surface area (Å²) in [6.45, 7) is 1.50. The maximum Gasteiger partial charge on any atom is 0.274 e. The zero-order valence-electron chi connectivity index (χ0n) is 15.9. The predicted molar refractivity (Wildman–Crippen MR) is 114 cm³/mol. The van der Waals surface area contributed by atoms with E-state index in [0.29, 0.717) is 0 Å². The van der Waals surface area contributed by atoms with Crippen molar-refractivity contribution in [1.82, 2.24) is 0 Å². The van der Waals surface area contributed by atoms with E-state index in [4.69, 9.17) is 11.6 Å². The Labute approximate surface area is 181 Å². The van der Waals surface area contributed by atoms with Crippen molar-refractivity contribution in [2.24, 2.45) is 0 Å². The number of rotatable bonds is 6. The molecular formula is C20H15ClFN3O5S. The summed E-state index contributed by atoms with van der Waals surface area (Å²) in [5.74, 6) is -1.21. The Kier molecular flexibility index (Phi) is 6.23. The van der Waals surface area contributed by atoms with Gasteiger partial charge in [0, 0.05) is 11.6 Å². The molecule has 0 unspecified atom stereocenters. The minimum absolute atomic E-state index is 0.0359. The number of nitrogens with one attached hydrogen (secondary N) is 2. The van der Waals surface area contributed by atoms with E-state index in [1.165, 1.54) is 43.3 Å². The quantitative estimate of drug-likeness (QED) is 0.404.